The summed E-state index contributed by atoms with van der Waals surface area (Å²) < 4.78 is 13.5. The minimum Gasteiger partial charge on any atom is -0.319 e. The lowest BCUT2D eigenvalue weighted by Gasteiger charge is -2.01. The Morgan fingerprint density at radius 3 is 2.86 bits per heavy atom. The van der Waals surface area contributed by atoms with Gasteiger partial charge >= 0.3 is 0 Å². The molecule has 0 bridgehead atoms. The minimum absolute atomic E-state index is 0. The van der Waals surface area contributed by atoms with E-state index in [0.29, 0.717) is 30.1 Å². The maximum Gasteiger partial charge on any atom is 0.227 e. The number of aryl methyl sites for hydroxylation is 1. The maximum atomic E-state index is 13.5. The van der Waals surface area contributed by atoms with Gasteiger partial charge in [0.05, 0.1) is 0 Å². The predicted octanol–water partition coefficient (Wildman–Crippen LogP) is 3.15. The molecular weight excluding hydrogens is 325 g/mol. The van der Waals surface area contributed by atoms with E-state index in [1.165, 1.54) is 11.3 Å². The third kappa shape index (κ3) is 5.36. The van der Waals surface area contributed by atoms with Crippen LogP contribution in [0.3, 0.4) is 0 Å². The number of hydrogen-bond donors (Lipinski definition) is 2. The maximum absolute atomic E-state index is 13.5. The van der Waals surface area contributed by atoms with Gasteiger partial charge in [-0.25, -0.2) is 9.37 Å². The summed E-state index contributed by atoms with van der Waals surface area (Å²) in [4.78, 5) is 16.7. The van der Waals surface area contributed by atoms with Gasteiger partial charge in [-0.1, -0.05) is 12.1 Å². The van der Waals surface area contributed by atoms with Crippen LogP contribution in [0.25, 0.3) is 0 Å². The normalized spacial score (nSPS) is 10.1. The van der Waals surface area contributed by atoms with E-state index in [1.807, 2.05) is 6.07 Å². The minimum atomic E-state index is -0.197. The van der Waals surface area contributed by atoms with E-state index in [2.05, 4.69) is 15.6 Å². The molecule has 120 valence electrons. The van der Waals surface area contributed by atoms with E-state index in [9.17, 15) is 9.18 Å². The lowest BCUT2D eigenvalue weighted by molar-refractivity contribution is -0.116. The Morgan fingerprint density at radius 1 is 1.41 bits per heavy atom. The number of nitrogens with zero attached hydrogens (tertiary/aromatic N) is 1. The number of nitrogens with one attached hydrogen (secondary N) is 2. The number of thiazole rings is 1. The zero-order valence-corrected chi connectivity index (χ0v) is 14.1. The molecule has 0 spiro atoms. The van der Waals surface area contributed by atoms with E-state index in [0.717, 1.165) is 10.4 Å². The average molecular weight is 344 g/mol. The molecular formula is C15H19ClFN3OS. The number of hydrogen-bond acceptors (Lipinski definition) is 4. The van der Waals surface area contributed by atoms with Gasteiger partial charge in [-0.05, 0) is 31.2 Å². The van der Waals surface area contributed by atoms with Crippen molar-refractivity contribution >= 4 is 34.8 Å². The monoisotopic (exact) mass is 343 g/mol. The van der Waals surface area contributed by atoms with Crippen molar-refractivity contribution in [1.29, 1.82) is 0 Å². The largest absolute Gasteiger partial charge is 0.319 e. The van der Waals surface area contributed by atoms with E-state index in [-0.39, 0.29) is 24.1 Å². The van der Waals surface area contributed by atoms with E-state index >= 15 is 0 Å². The number of halogens is 2. The Labute approximate surface area is 139 Å². The molecule has 0 atom stereocenters. The Kier molecular flexibility index (Phi) is 7.44. The molecule has 1 aromatic carbocycles. The second kappa shape index (κ2) is 8.82. The summed E-state index contributed by atoms with van der Waals surface area (Å²) in [6.45, 7) is 2.37. The molecule has 0 saturated heterocycles. The number of carbonyl (C=O) groups is 1. The molecule has 7 heteroatoms. The van der Waals surface area contributed by atoms with Crippen LogP contribution in [0.1, 0.15) is 22.4 Å². The average Bonchev–Trinajstić information content (AvgIpc) is 2.88. The molecule has 0 fully saturated rings. The lowest BCUT2D eigenvalue weighted by atomic mass is 10.1. The fourth-order valence-electron chi connectivity index (χ4n) is 1.81. The quantitative estimate of drug-likeness (QED) is 0.847. The van der Waals surface area contributed by atoms with Crippen molar-refractivity contribution in [2.45, 2.75) is 19.8 Å². The molecule has 2 N–H and O–H groups in total. The third-order valence-corrected chi connectivity index (χ3v) is 3.93. The van der Waals surface area contributed by atoms with Gasteiger partial charge in [0.15, 0.2) is 5.13 Å². The number of benzene rings is 1. The Hall–Kier alpha value is -1.50. The van der Waals surface area contributed by atoms with Gasteiger partial charge in [0, 0.05) is 30.5 Å². The van der Waals surface area contributed by atoms with Gasteiger partial charge < -0.3 is 10.6 Å². The van der Waals surface area contributed by atoms with Crippen molar-refractivity contribution in [2.24, 2.45) is 0 Å². The van der Waals surface area contributed by atoms with E-state index < -0.39 is 0 Å². The second-order valence-corrected chi connectivity index (χ2v) is 5.91. The molecule has 22 heavy (non-hydrogen) atoms. The molecule has 1 amide bonds. The summed E-state index contributed by atoms with van der Waals surface area (Å²) >= 11 is 1.41. The molecule has 1 aromatic heterocycles. The van der Waals surface area contributed by atoms with Gasteiger partial charge in [-0.3, -0.25) is 4.79 Å². The van der Waals surface area contributed by atoms with Crippen LogP contribution in [0.15, 0.2) is 24.4 Å². The first-order valence-corrected chi connectivity index (χ1v) is 7.54. The molecule has 0 aliphatic carbocycles. The summed E-state index contributed by atoms with van der Waals surface area (Å²) in [6, 6.07) is 5.22. The third-order valence-electron chi connectivity index (χ3n) is 3.02. The van der Waals surface area contributed by atoms with Crippen molar-refractivity contribution in [1.82, 2.24) is 10.3 Å². The van der Waals surface area contributed by atoms with Crippen LogP contribution in [-0.4, -0.2) is 24.5 Å². The van der Waals surface area contributed by atoms with Gasteiger partial charge in [-0.15, -0.1) is 23.7 Å². The highest BCUT2D eigenvalue weighted by Gasteiger charge is 2.08. The summed E-state index contributed by atoms with van der Waals surface area (Å²) in [5.41, 5.74) is 1.54. The van der Waals surface area contributed by atoms with Gasteiger partial charge in [0.2, 0.25) is 5.91 Å². The smallest absolute Gasteiger partial charge is 0.227 e. The summed E-state index contributed by atoms with van der Waals surface area (Å²) in [6.07, 6.45) is 2.74. The summed E-state index contributed by atoms with van der Waals surface area (Å²) in [7, 11) is 1.80. The van der Waals surface area contributed by atoms with E-state index in [4.69, 9.17) is 0 Å². The molecule has 0 unspecified atom stereocenters. The second-order valence-electron chi connectivity index (χ2n) is 4.79. The van der Waals surface area contributed by atoms with E-state index in [1.54, 1.807) is 32.3 Å². The Bertz CT molecular complexity index is 633. The number of aromatic nitrogens is 1. The molecule has 0 aliphatic heterocycles. The SMILES string of the molecule is CNCCC(=O)Nc1ncc(Cc2ccc(C)c(F)c2)s1.Cl. The van der Waals surface area contributed by atoms with Crippen LogP contribution < -0.4 is 10.6 Å². The number of anilines is 1. The van der Waals surface area contributed by atoms with Crippen LogP contribution in [0.5, 0.6) is 0 Å². The van der Waals surface area contributed by atoms with Gasteiger partial charge in [0.1, 0.15) is 5.82 Å². The predicted molar refractivity (Wildman–Crippen MR) is 90.5 cm³/mol. The highest BCUT2D eigenvalue weighted by atomic mass is 35.5. The zero-order valence-electron chi connectivity index (χ0n) is 12.5. The summed E-state index contributed by atoms with van der Waals surface area (Å²) in [5, 5.41) is 6.26. The van der Waals surface area contributed by atoms with Crippen molar-refractivity contribution in [2.75, 3.05) is 18.9 Å². The van der Waals surface area contributed by atoms with Crippen molar-refractivity contribution in [3.05, 3.63) is 46.2 Å². The first-order chi connectivity index (χ1) is 10.1. The van der Waals surface area contributed by atoms with Crippen LogP contribution in [0.4, 0.5) is 9.52 Å². The Morgan fingerprint density at radius 2 is 2.18 bits per heavy atom. The number of rotatable bonds is 6. The van der Waals surface area contributed by atoms with Crippen LogP contribution >= 0.6 is 23.7 Å². The molecule has 0 saturated carbocycles. The van der Waals surface area contributed by atoms with Crippen LogP contribution in [0.2, 0.25) is 0 Å². The van der Waals surface area contributed by atoms with Crippen molar-refractivity contribution in [3.63, 3.8) is 0 Å². The van der Waals surface area contributed by atoms with Gasteiger partial charge in [0.25, 0.3) is 0 Å². The number of carbonyl (C=O) groups excluding carboxylic acids is 1. The first-order valence-electron chi connectivity index (χ1n) is 6.72. The molecule has 2 rings (SSSR count). The van der Waals surface area contributed by atoms with Crippen molar-refractivity contribution < 1.29 is 9.18 Å². The topological polar surface area (TPSA) is 54.0 Å². The van der Waals surface area contributed by atoms with Gasteiger partial charge in [-0.2, -0.15) is 0 Å². The fraction of sp³-hybridized carbons (Fsp3) is 0.333. The number of amides is 1. The van der Waals surface area contributed by atoms with Crippen LogP contribution in [-0.2, 0) is 11.2 Å². The Balaban J connectivity index is 0.00000242. The molecule has 0 radical (unpaired) electrons. The molecule has 0 aliphatic rings. The summed E-state index contributed by atoms with van der Waals surface area (Å²) in [5.74, 6) is -0.260. The molecule has 1 heterocycles. The fourth-order valence-corrected chi connectivity index (χ4v) is 2.68. The standard InChI is InChI=1S/C15H18FN3OS.ClH/c1-10-3-4-11(8-13(10)16)7-12-9-18-15(21-12)19-14(20)5-6-17-2;/h3-4,8-9,17H,5-7H2,1-2H3,(H,18,19,20);1H. The molecule has 2 aromatic rings. The van der Waals surface area contributed by atoms with Crippen LogP contribution in [0, 0.1) is 12.7 Å². The highest BCUT2D eigenvalue weighted by Crippen LogP contribution is 2.22. The lowest BCUT2D eigenvalue weighted by Crippen LogP contribution is -2.18. The highest BCUT2D eigenvalue weighted by molar-refractivity contribution is 7.15. The first kappa shape index (κ1) is 18.5. The zero-order chi connectivity index (χ0) is 15.2. The molecule has 4 nitrogen and oxygen atoms in total. The van der Waals surface area contributed by atoms with Crippen molar-refractivity contribution in [3.8, 4) is 0 Å².